The minimum absolute atomic E-state index is 0.528. The Balaban J connectivity index is 1.91. The second-order valence-electron chi connectivity index (χ2n) is 4.70. The molecule has 0 aromatic heterocycles. The van der Waals surface area contributed by atoms with E-state index in [4.69, 9.17) is 14.2 Å². The monoisotopic (exact) mass is 350 g/mol. The van der Waals surface area contributed by atoms with Crippen LogP contribution < -0.4 is 14.2 Å². The first-order valence-corrected chi connectivity index (χ1v) is 7.39. The van der Waals surface area contributed by atoms with Gasteiger partial charge in [0.2, 0.25) is 0 Å². The molecular formula is C16H15BrO4. The maximum Gasteiger partial charge on any atom is 0.161 e. The largest absolute Gasteiger partial charge is 0.496 e. The number of aliphatic hydroxyl groups excluding tert-OH is 1. The Morgan fingerprint density at radius 1 is 1.05 bits per heavy atom. The molecule has 0 aliphatic carbocycles. The van der Waals surface area contributed by atoms with E-state index in [0.29, 0.717) is 24.7 Å². The molecule has 0 radical (unpaired) electrons. The lowest BCUT2D eigenvalue weighted by atomic mass is 10.0. The summed E-state index contributed by atoms with van der Waals surface area (Å²) in [6.07, 6.45) is -0.733. The summed E-state index contributed by atoms with van der Waals surface area (Å²) >= 11 is 3.43. The number of benzene rings is 2. The lowest BCUT2D eigenvalue weighted by Gasteiger charge is -2.20. The summed E-state index contributed by atoms with van der Waals surface area (Å²) in [4.78, 5) is 0. The van der Waals surface area contributed by atoms with E-state index in [9.17, 15) is 5.11 Å². The molecule has 5 heteroatoms. The molecule has 0 amide bonds. The van der Waals surface area contributed by atoms with Gasteiger partial charge in [0.1, 0.15) is 25.1 Å². The van der Waals surface area contributed by atoms with E-state index in [1.165, 1.54) is 0 Å². The predicted molar refractivity (Wildman–Crippen MR) is 82.2 cm³/mol. The van der Waals surface area contributed by atoms with Crippen molar-refractivity contribution in [3.8, 4) is 17.2 Å². The maximum absolute atomic E-state index is 10.5. The Morgan fingerprint density at radius 2 is 1.71 bits per heavy atom. The van der Waals surface area contributed by atoms with Crippen molar-refractivity contribution in [2.24, 2.45) is 0 Å². The van der Waals surface area contributed by atoms with Crippen molar-refractivity contribution in [1.29, 1.82) is 0 Å². The van der Waals surface area contributed by atoms with Crippen LogP contribution in [0, 0.1) is 0 Å². The van der Waals surface area contributed by atoms with E-state index in [2.05, 4.69) is 15.9 Å². The average Bonchev–Trinajstić information content (AvgIpc) is 2.53. The molecule has 0 spiro atoms. The quantitative estimate of drug-likeness (QED) is 0.922. The van der Waals surface area contributed by atoms with Gasteiger partial charge in [-0.25, -0.2) is 0 Å². The van der Waals surface area contributed by atoms with Gasteiger partial charge in [0.05, 0.1) is 11.6 Å². The molecule has 0 bridgehead atoms. The van der Waals surface area contributed by atoms with Gasteiger partial charge in [0.15, 0.2) is 11.5 Å². The van der Waals surface area contributed by atoms with Crippen LogP contribution in [-0.2, 0) is 0 Å². The Bertz CT molecular complexity index is 657. The second-order valence-corrected chi connectivity index (χ2v) is 5.55. The highest BCUT2D eigenvalue weighted by Crippen LogP contribution is 2.35. The molecule has 4 nitrogen and oxygen atoms in total. The van der Waals surface area contributed by atoms with Crippen LogP contribution in [0.1, 0.15) is 17.2 Å². The molecule has 21 heavy (non-hydrogen) atoms. The van der Waals surface area contributed by atoms with Gasteiger partial charge in [-0.05, 0) is 51.3 Å². The molecule has 1 N–H and O–H groups in total. The van der Waals surface area contributed by atoms with E-state index < -0.39 is 6.10 Å². The smallest absolute Gasteiger partial charge is 0.161 e. The summed E-state index contributed by atoms with van der Waals surface area (Å²) in [5.74, 6) is 2.12. The first kappa shape index (κ1) is 14.2. The molecule has 0 saturated carbocycles. The maximum atomic E-state index is 10.5. The summed E-state index contributed by atoms with van der Waals surface area (Å²) in [6, 6.07) is 11.0. The lowest BCUT2D eigenvalue weighted by molar-refractivity contribution is 0.169. The fourth-order valence-corrected chi connectivity index (χ4v) is 2.83. The van der Waals surface area contributed by atoms with Crippen molar-refractivity contribution in [2.45, 2.75) is 6.10 Å². The number of hydrogen-bond donors (Lipinski definition) is 1. The van der Waals surface area contributed by atoms with E-state index in [1.54, 1.807) is 7.11 Å². The second kappa shape index (κ2) is 5.95. The molecule has 1 unspecified atom stereocenters. The van der Waals surface area contributed by atoms with E-state index >= 15 is 0 Å². The third kappa shape index (κ3) is 2.84. The van der Waals surface area contributed by atoms with Gasteiger partial charge < -0.3 is 19.3 Å². The Labute approximate surface area is 131 Å². The zero-order chi connectivity index (χ0) is 14.8. The van der Waals surface area contributed by atoms with Gasteiger partial charge >= 0.3 is 0 Å². The van der Waals surface area contributed by atoms with Crippen LogP contribution in [0.3, 0.4) is 0 Å². The minimum atomic E-state index is -0.733. The van der Waals surface area contributed by atoms with Crippen LogP contribution >= 0.6 is 15.9 Å². The molecule has 3 rings (SSSR count). The Hall–Kier alpha value is -1.72. The molecule has 1 aliphatic rings. The van der Waals surface area contributed by atoms with Crippen molar-refractivity contribution in [3.05, 3.63) is 52.0 Å². The molecule has 2 aromatic carbocycles. The van der Waals surface area contributed by atoms with Crippen LogP contribution in [0.4, 0.5) is 0 Å². The van der Waals surface area contributed by atoms with Crippen LogP contribution in [0.15, 0.2) is 40.9 Å². The molecule has 0 saturated heterocycles. The SMILES string of the molecule is COc1ccc(C(O)c2ccc3c(c2)OCCO3)cc1Br. The number of fused-ring (bicyclic) bond motifs is 1. The predicted octanol–water partition coefficient (Wildman–Crippen LogP) is 3.31. The normalized spacial score (nSPS) is 14.6. The highest BCUT2D eigenvalue weighted by molar-refractivity contribution is 9.10. The highest BCUT2D eigenvalue weighted by atomic mass is 79.9. The first-order valence-electron chi connectivity index (χ1n) is 6.60. The van der Waals surface area contributed by atoms with Crippen molar-refractivity contribution in [1.82, 2.24) is 0 Å². The van der Waals surface area contributed by atoms with Crippen molar-refractivity contribution < 1.29 is 19.3 Å². The number of aliphatic hydroxyl groups is 1. The molecule has 2 aromatic rings. The third-order valence-electron chi connectivity index (χ3n) is 3.37. The summed E-state index contributed by atoms with van der Waals surface area (Å²) in [7, 11) is 1.61. The minimum Gasteiger partial charge on any atom is -0.496 e. The fraction of sp³-hybridized carbons (Fsp3) is 0.250. The topological polar surface area (TPSA) is 47.9 Å². The molecular weight excluding hydrogens is 336 g/mol. The van der Waals surface area contributed by atoms with Gasteiger partial charge in [-0.1, -0.05) is 12.1 Å². The van der Waals surface area contributed by atoms with Crippen molar-refractivity contribution in [2.75, 3.05) is 20.3 Å². The zero-order valence-electron chi connectivity index (χ0n) is 11.5. The molecule has 1 atom stereocenters. The van der Waals surface area contributed by atoms with Crippen LogP contribution in [-0.4, -0.2) is 25.4 Å². The van der Waals surface area contributed by atoms with Crippen molar-refractivity contribution >= 4 is 15.9 Å². The number of hydrogen-bond acceptors (Lipinski definition) is 4. The van der Waals surface area contributed by atoms with Crippen molar-refractivity contribution in [3.63, 3.8) is 0 Å². The van der Waals surface area contributed by atoms with Gasteiger partial charge in [-0.3, -0.25) is 0 Å². The van der Waals surface area contributed by atoms with E-state index in [1.807, 2.05) is 36.4 Å². The standard InChI is InChI=1S/C16H15BrO4/c1-19-13-4-2-10(8-12(13)17)16(18)11-3-5-14-15(9-11)21-7-6-20-14/h2-5,8-9,16,18H,6-7H2,1H3. The van der Waals surface area contributed by atoms with E-state index in [0.717, 1.165) is 21.3 Å². The summed E-state index contributed by atoms with van der Waals surface area (Å²) in [5.41, 5.74) is 1.54. The van der Waals surface area contributed by atoms with Crippen LogP contribution in [0.5, 0.6) is 17.2 Å². The highest BCUT2D eigenvalue weighted by Gasteiger charge is 2.17. The summed E-state index contributed by atoms with van der Waals surface area (Å²) in [5, 5.41) is 10.5. The first-order chi connectivity index (χ1) is 10.2. The number of halogens is 1. The number of methoxy groups -OCH3 is 1. The molecule has 110 valence electrons. The Kier molecular flexibility index (Phi) is 4.03. The zero-order valence-corrected chi connectivity index (χ0v) is 13.1. The van der Waals surface area contributed by atoms with Gasteiger partial charge in [0, 0.05) is 0 Å². The van der Waals surface area contributed by atoms with Gasteiger partial charge in [0.25, 0.3) is 0 Å². The van der Waals surface area contributed by atoms with Gasteiger partial charge in [-0.2, -0.15) is 0 Å². The summed E-state index contributed by atoms with van der Waals surface area (Å²) in [6.45, 7) is 1.08. The fourth-order valence-electron chi connectivity index (χ4n) is 2.28. The van der Waals surface area contributed by atoms with Crippen LogP contribution in [0.25, 0.3) is 0 Å². The molecule has 1 heterocycles. The lowest BCUT2D eigenvalue weighted by Crippen LogP contribution is -2.15. The molecule has 1 aliphatic heterocycles. The number of ether oxygens (including phenoxy) is 3. The van der Waals surface area contributed by atoms with Crippen LogP contribution in [0.2, 0.25) is 0 Å². The average molecular weight is 351 g/mol. The summed E-state index contributed by atoms with van der Waals surface area (Å²) < 4.78 is 17.0. The number of rotatable bonds is 3. The van der Waals surface area contributed by atoms with Gasteiger partial charge in [-0.15, -0.1) is 0 Å². The molecule has 0 fully saturated rings. The third-order valence-corrected chi connectivity index (χ3v) is 3.99. The Morgan fingerprint density at radius 3 is 2.43 bits per heavy atom. The van der Waals surface area contributed by atoms with E-state index in [-0.39, 0.29) is 0 Å².